The first-order valence-electron chi connectivity index (χ1n) is 16.4. The van der Waals surface area contributed by atoms with Crippen molar-refractivity contribution in [3.63, 3.8) is 0 Å². The Labute approximate surface area is 293 Å². The molecule has 0 aliphatic heterocycles. The highest BCUT2D eigenvalue weighted by Gasteiger charge is 2.24. The maximum Gasteiger partial charge on any atom is 0.212 e. The predicted octanol–water partition coefficient (Wildman–Crippen LogP) is 13.0. The summed E-state index contributed by atoms with van der Waals surface area (Å²) in [6, 6.07) is 49.1. The topological polar surface area (TPSA) is 38.0 Å². The van der Waals surface area contributed by atoms with Gasteiger partial charge in [0.1, 0.15) is 6.07 Å². The summed E-state index contributed by atoms with van der Waals surface area (Å²) in [5.74, 6) is 0. The van der Waals surface area contributed by atoms with Crippen LogP contribution in [0, 0.1) is 17.9 Å². The Morgan fingerprint density at radius 3 is 1.48 bits per heavy atom. The van der Waals surface area contributed by atoms with E-state index in [0.29, 0.717) is 22.6 Å². The first kappa shape index (κ1) is 27.5. The summed E-state index contributed by atoms with van der Waals surface area (Å²) < 4.78 is 9.23. The quantitative estimate of drug-likeness (QED) is 0.169. The standard InChI is InChI=1S/C44H22N4S2/c1-46-34-23-37(47-35-14-6-2-10-26(35)30-18-20-32-28-12-4-8-16-39(28)49-43(32)41(30)47)25(24-45)22-38(34)48-36-15-7-3-11-27(36)31-19-21-33-29-13-5-9-17-40(29)50-44(33)42(31)48/h2-23H. The minimum atomic E-state index is 0.495. The van der Waals surface area contributed by atoms with Crippen LogP contribution >= 0.6 is 22.7 Å². The van der Waals surface area contributed by atoms with Crippen LogP contribution in [0.2, 0.25) is 0 Å². The zero-order valence-electron chi connectivity index (χ0n) is 26.3. The number of fused-ring (bicyclic) bond motifs is 14. The highest BCUT2D eigenvalue weighted by Crippen LogP contribution is 2.47. The minimum Gasteiger partial charge on any atom is -0.318 e. The van der Waals surface area contributed by atoms with E-state index in [1.165, 1.54) is 40.3 Å². The lowest BCUT2D eigenvalue weighted by molar-refractivity contribution is 1.15. The Balaban J connectivity index is 1.28. The van der Waals surface area contributed by atoms with E-state index in [4.69, 9.17) is 6.57 Å². The van der Waals surface area contributed by atoms with Gasteiger partial charge in [-0.3, -0.25) is 0 Å². The molecule has 0 N–H and O–H groups in total. The molecule has 7 aromatic carbocycles. The van der Waals surface area contributed by atoms with Crippen molar-refractivity contribution < 1.29 is 0 Å². The van der Waals surface area contributed by atoms with Crippen LogP contribution in [0.15, 0.2) is 133 Å². The van der Waals surface area contributed by atoms with Crippen LogP contribution < -0.4 is 0 Å². The molecule has 4 aromatic heterocycles. The second-order valence-corrected chi connectivity index (χ2v) is 14.8. The van der Waals surface area contributed by atoms with Gasteiger partial charge in [0.15, 0.2) is 0 Å². The van der Waals surface area contributed by atoms with E-state index < -0.39 is 0 Å². The number of hydrogen-bond donors (Lipinski definition) is 0. The van der Waals surface area contributed by atoms with Gasteiger partial charge in [0.05, 0.1) is 55.0 Å². The average molecular weight is 671 g/mol. The van der Waals surface area contributed by atoms with Crippen LogP contribution in [0.1, 0.15) is 5.56 Å². The highest BCUT2D eigenvalue weighted by atomic mass is 32.1. The lowest BCUT2D eigenvalue weighted by Gasteiger charge is -2.16. The molecule has 4 nitrogen and oxygen atoms in total. The van der Waals surface area contributed by atoms with E-state index in [9.17, 15) is 5.26 Å². The lowest BCUT2D eigenvalue weighted by Crippen LogP contribution is -2.01. The fourth-order valence-electron chi connectivity index (χ4n) is 8.07. The van der Waals surface area contributed by atoms with Gasteiger partial charge in [-0.25, -0.2) is 4.85 Å². The summed E-state index contributed by atoms with van der Waals surface area (Å²) in [6.07, 6.45) is 0. The van der Waals surface area contributed by atoms with Gasteiger partial charge in [-0.2, -0.15) is 5.26 Å². The number of hydrogen-bond acceptors (Lipinski definition) is 3. The molecule has 0 aliphatic carbocycles. The third kappa shape index (κ3) is 3.51. The Bertz CT molecular complexity index is 3130. The van der Waals surface area contributed by atoms with E-state index in [1.54, 1.807) is 22.7 Å². The number of para-hydroxylation sites is 2. The van der Waals surface area contributed by atoms with Crippen molar-refractivity contribution in [3.8, 4) is 17.4 Å². The molecular weight excluding hydrogens is 649 g/mol. The summed E-state index contributed by atoms with van der Waals surface area (Å²) in [4.78, 5) is 4.18. The van der Waals surface area contributed by atoms with Crippen LogP contribution in [-0.2, 0) is 0 Å². The second-order valence-electron chi connectivity index (χ2n) is 12.7. The lowest BCUT2D eigenvalue weighted by atomic mass is 10.1. The van der Waals surface area contributed by atoms with Gasteiger partial charge in [0.2, 0.25) is 5.69 Å². The zero-order chi connectivity index (χ0) is 33.1. The van der Waals surface area contributed by atoms with E-state index in [0.717, 1.165) is 43.6 Å². The van der Waals surface area contributed by atoms with Gasteiger partial charge >= 0.3 is 0 Å². The number of nitriles is 1. The van der Waals surface area contributed by atoms with E-state index in [-0.39, 0.29) is 0 Å². The number of benzene rings is 7. The monoisotopic (exact) mass is 670 g/mol. The number of thiophene rings is 2. The summed E-state index contributed by atoms with van der Waals surface area (Å²) in [6.45, 7) is 8.56. The summed E-state index contributed by atoms with van der Waals surface area (Å²) in [5.41, 5.74) is 6.59. The first-order chi connectivity index (χ1) is 24.7. The molecule has 0 unspecified atom stereocenters. The van der Waals surface area contributed by atoms with E-state index >= 15 is 0 Å². The molecule has 0 radical (unpaired) electrons. The van der Waals surface area contributed by atoms with Crippen molar-refractivity contribution >= 4 is 112 Å². The van der Waals surface area contributed by atoms with Gasteiger partial charge in [-0.15, -0.1) is 22.7 Å². The van der Waals surface area contributed by atoms with E-state index in [1.807, 2.05) is 24.3 Å². The van der Waals surface area contributed by atoms with Crippen LogP contribution in [-0.4, -0.2) is 9.13 Å². The summed E-state index contributed by atoms with van der Waals surface area (Å²) in [7, 11) is 0. The average Bonchev–Trinajstić information content (AvgIpc) is 3.92. The zero-order valence-corrected chi connectivity index (χ0v) is 27.9. The third-order valence-corrected chi connectivity index (χ3v) is 12.6. The summed E-state index contributed by atoms with van der Waals surface area (Å²) >= 11 is 3.56. The molecule has 11 rings (SSSR count). The molecule has 0 bridgehead atoms. The molecule has 50 heavy (non-hydrogen) atoms. The van der Waals surface area contributed by atoms with Crippen LogP contribution in [0.4, 0.5) is 5.69 Å². The molecule has 0 atom stereocenters. The Hall–Kier alpha value is -6.44. The van der Waals surface area contributed by atoms with Crippen molar-refractivity contribution in [2.75, 3.05) is 0 Å². The summed E-state index contributed by atoms with van der Waals surface area (Å²) in [5, 5.41) is 20.3. The van der Waals surface area contributed by atoms with Gasteiger partial charge in [-0.1, -0.05) is 97.1 Å². The molecule has 0 saturated carbocycles. The molecule has 0 amide bonds. The molecule has 0 saturated heterocycles. The highest BCUT2D eigenvalue weighted by molar-refractivity contribution is 7.27. The van der Waals surface area contributed by atoms with E-state index in [2.05, 4.69) is 129 Å². The number of nitrogens with zero attached hydrogens (tertiary/aromatic N) is 4. The second kappa shape index (κ2) is 10.0. The molecule has 0 fully saturated rings. The van der Waals surface area contributed by atoms with Crippen LogP contribution in [0.3, 0.4) is 0 Å². The largest absolute Gasteiger partial charge is 0.318 e. The maximum atomic E-state index is 10.9. The van der Waals surface area contributed by atoms with Crippen molar-refractivity contribution in [1.29, 1.82) is 5.26 Å². The van der Waals surface area contributed by atoms with Crippen molar-refractivity contribution in [2.24, 2.45) is 0 Å². The Kier molecular flexibility index (Phi) is 5.52. The van der Waals surface area contributed by atoms with Gasteiger partial charge < -0.3 is 9.13 Å². The third-order valence-electron chi connectivity index (χ3n) is 10.2. The van der Waals surface area contributed by atoms with Crippen LogP contribution in [0.5, 0.6) is 0 Å². The minimum absolute atomic E-state index is 0.495. The SMILES string of the molecule is [C-]#[N+]c1cc(-n2c3ccccc3c3ccc4c5ccccc5sc4c32)c(C#N)cc1-n1c2ccccc2c2ccc3c4ccccc4sc3c21. The molecule has 0 spiro atoms. The Morgan fingerprint density at radius 2 is 0.960 bits per heavy atom. The molecule has 11 aromatic rings. The number of rotatable bonds is 2. The number of aromatic nitrogens is 2. The molecule has 6 heteroatoms. The maximum absolute atomic E-state index is 10.9. The Morgan fingerprint density at radius 1 is 0.500 bits per heavy atom. The predicted molar refractivity (Wildman–Crippen MR) is 212 cm³/mol. The molecule has 0 aliphatic rings. The molecular formula is C44H22N4S2. The van der Waals surface area contributed by atoms with Crippen molar-refractivity contribution in [1.82, 2.24) is 9.13 Å². The smallest absolute Gasteiger partial charge is 0.212 e. The molecule has 4 heterocycles. The van der Waals surface area contributed by atoms with Crippen molar-refractivity contribution in [3.05, 3.63) is 150 Å². The first-order valence-corrected chi connectivity index (χ1v) is 18.0. The van der Waals surface area contributed by atoms with Crippen molar-refractivity contribution in [2.45, 2.75) is 0 Å². The van der Waals surface area contributed by atoms with Gasteiger partial charge in [-0.05, 0) is 36.4 Å². The van der Waals surface area contributed by atoms with Crippen LogP contribution in [0.25, 0.3) is 100 Å². The fourth-order valence-corrected chi connectivity index (χ4v) is 10.6. The fraction of sp³-hybridized carbons (Fsp3) is 0. The van der Waals surface area contributed by atoms with Gasteiger partial charge in [0.25, 0.3) is 0 Å². The van der Waals surface area contributed by atoms with Gasteiger partial charge in [0, 0.05) is 52.5 Å². The normalized spacial score (nSPS) is 12.0. The molecule has 230 valence electrons.